The van der Waals surface area contributed by atoms with Crippen molar-refractivity contribution < 1.29 is 9.53 Å². The summed E-state index contributed by atoms with van der Waals surface area (Å²) in [5, 5.41) is 13.9. The van der Waals surface area contributed by atoms with E-state index in [0.717, 1.165) is 37.5 Å². The lowest BCUT2D eigenvalue weighted by Gasteiger charge is -2.16. The minimum Gasteiger partial charge on any atom is -0.376 e. The third kappa shape index (κ3) is 7.55. The van der Waals surface area contributed by atoms with Gasteiger partial charge in [-0.25, -0.2) is 0 Å². The van der Waals surface area contributed by atoms with Crippen molar-refractivity contribution in [2.24, 2.45) is 4.99 Å². The standard InChI is InChI=1S/C22H30N4O2S.HI/c1-16(19-8-10-29-15-19)12-25-22(23-2)26-13-17-5-3-6-18(11-17)21(27)24-14-20-7-4-9-28-20;/h3,5-6,8,10-11,15-16,20H,4,7,9,12-14H2,1-2H3,(H,24,27)(H2,23,25,26);1H. The molecule has 164 valence electrons. The van der Waals surface area contributed by atoms with Crippen LogP contribution in [0.1, 0.15) is 47.2 Å². The summed E-state index contributed by atoms with van der Waals surface area (Å²) in [6, 6.07) is 9.82. The number of thiophene rings is 1. The molecule has 0 aliphatic carbocycles. The molecule has 1 aliphatic rings. The van der Waals surface area contributed by atoms with Crippen LogP contribution in [0.3, 0.4) is 0 Å². The number of rotatable bonds is 8. The molecule has 1 saturated heterocycles. The van der Waals surface area contributed by atoms with E-state index >= 15 is 0 Å². The SMILES string of the molecule is CN=C(NCc1cccc(C(=O)NCC2CCCO2)c1)NCC(C)c1ccsc1.I. The van der Waals surface area contributed by atoms with Crippen molar-refractivity contribution in [3.05, 3.63) is 57.8 Å². The second kappa shape index (κ2) is 12.9. The predicted molar refractivity (Wildman–Crippen MR) is 134 cm³/mol. The van der Waals surface area contributed by atoms with Crippen LogP contribution in [0.25, 0.3) is 0 Å². The van der Waals surface area contributed by atoms with E-state index in [1.54, 1.807) is 18.4 Å². The van der Waals surface area contributed by atoms with E-state index in [1.165, 1.54) is 5.56 Å². The summed E-state index contributed by atoms with van der Waals surface area (Å²) < 4.78 is 5.56. The van der Waals surface area contributed by atoms with Crippen LogP contribution >= 0.6 is 35.3 Å². The van der Waals surface area contributed by atoms with Gasteiger partial charge in [0.05, 0.1) is 6.10 Å². The van der Waals surface area contributed by atoms with Gasteiger partial charge in [0, 0.05) is 38.9 Å². The number of ether oxygens (including phenoxy) is 1. The molecule has 3 rings (SSSR count). The van der Waals surface area contributed by atoms with Crippen molar-refractivity contribution in [2.75, 3.05) is 26.7 Å². The van der Waals surface area contributed by atoms with Gasteiger partial charge in [-0.3, -0.25) is 9.79 Å². The van der Waals surface area contributed by atoms with Gasteiger partial charge in [0.2, 0.25) is 0 Å². The summed E-state index contributed by atoms with van der Waals surface area (Å²) in [5.41, 5.74) is 3.03. The smallest absolute Gasteiger partial charge is 0.251 e. The summed E-state index contributed by atoms with van der Waals surface area (Å²) >= 11 is 1.72. The molecule has 0 spiro atoms. The molecule has 0 bridgehead atoms. The molecule has 1 aromatic heterocycles. The molecule has 1 aromatic carbocycles. The molecular formula is C22H31IN4O2S. The highest BCUT2D eigenvalue weighted by molar-refractivity contribution is 14.0. The molecule has 2 unspecified atom stereocenters. The van der Waals surface area contributed by atoms with Gasteiger partial charge in [-0.2, -0.15) is 11.3 Å². The molecule has 2 aromatic rings. The molecule has 6 nitrogen and oxygen atoms in total. The number of nitrogens with one attached hydrogen (secondary N) is 3. The van der Waals surface area contributed by atoms with Crippen LogP contribution in [0.15, 0.2) is 46.1 Å². The van der Waals surface area contributed by atoms with Crippen molar-refractivity contribution in [1.82, 2.24) is 16.0 Å². The summed E-state index contributed by atoms with van der Waals surface area (Å²) in [6.07, 6.45) is 2.24. The summed E-state index contributed by atoms with van der Waals surface area (Å²) in [6.45, 7) is 4.96. The highest BCUT2D eigenvalue weighted by Crippen LogP contribution is 2.17. The lowest BCUT2D eigenvalue weighted by molar-refractivity contribution is 0.0857. The summed E-state index contributed by atoms with van der Waals surface area (Å²) in [4.78, 5) is 16.7. The zero-order valence-electron chi connectivity index (χ0n) is 17.5. The number of hydrogen-bond acceptors (Lipinski definition) is 4. The van der Waals surface area contributed by atoms with Gasteiger partial charge in [-0.1, -0.05) is 19.1 Å². The zero-order chi connectivity index (χ0) is 20.5. The van der Waals surface area contributed by atoms with E-state index in [-0.39, 0.29) is 36.0 Å². The third-order valence-electron chi connectivity index (χ3n) is 5.07. The van der Waals surface area contributed by atoms with Gasteiger partial charge in [0.1, 0.15) is 0 Å². The van der Waals surface area contributed by atoms with Gasteiger partial charge in [0.15, 0.2) is 5.96 Å². The number of halogens is 1. The number of nitrogens with zero attached hydrogens (tertiary/aromatic N) is 1. The minimum absolute atomic E-state index is 0. The highest BCUT2D eigenvalue weighted by atomic mass is 127. The maximum atomic E-state index is 12.4. The number of carbonyl (C=O) groups is 1. The van der Waals surface area contributed by atoms with Crippen LogP contribution in [0.5, 0.6) is 0 Å². The molecule has 1 amide bonds. The Bertz CT molecular complexity index is 807. The van der Waals surface area contributed by atoms with E-state index in [4.69, 9.17) is 4.74 Å². The number of hydrogen-bond donors (Lipinski definition) is 3. The second-order valence-corrected chi connectivity index (χ2v) is 8.09. The van der Waals surface area contributed by atoms with Crippen LogP contribution in [0.4, 0.5) is 0 Å². The molecular weight excluding hydrogens is 511 g/mol. The number of benzene rings is 1. The topological polar surface area (TPSA) is 74.8 Å². The fraction of sp³-hybridized carbons (Fsp3) is 0.455. The first kappa shape index (κ1) is 24.6. The van der Waals surface area contributed by atoms with Crippen molar-refractivity contribution in [3.8, 4) is 0 Å². The first-order valence-electron chi connectivity index (χ1n) is 10.1. The van der Waals surface area contributed by atoms with E-state index in [1.807, 2.05) is 24.3 Å². The van der Waals surface area contributed by atoms with Crippen molar-refractivity contribution in [2.45, 2.75) is 38.3 Å². The van der Waals surface area contributed by atoms with Crippen LogP contribution in [-0.4, -0.2) is 44.7 Å². The Morgan fingerprint density at radius 2 is 2.17 bits per heavy atom. The van der Waals surface area contributed by atoms with Gasteiger partial charge < -0.3 is 20.7 Å². The molecule has 2 atom stereocenters. The average molecular weight is 542 g/mol. The van der Waals surface area contributed by atoms with Gasteiger partial charge in [0.25, 0.3) is 5.91 Å². The Kier molecular flexibility index (Phi) is 10.6. The number of amides is 1. The maximum absolute atomic E-state index is 12.4. The monoisotopic (exact) mass is 542 g/mol. The molecule has 2 heterocycles. The Morgan fingerprint density at radius 3 is 2.87 bits per heavy atom. The molecule has 30 heavy (non-hydrogen) atoms. The molecule has 8 heteroatoms. The minimum atomic E-state index is -0.0607. The van der Waals surface area contributed by atoms with Crippen molar-refractivity contribution in [1.29, 1.82) is 0 Å². The Balaban J connectivity index is 0.00000320. The summed E-state index contributed by atoms with van der Waals surface area (Å²) in [5.74, 6) is 1.10. The van der Waals surface area contributed by atoms with E-state index in [9.17, 15) is 4.79 Å². The van der Waals surface area contributed by atoms with Crippen LogP contribution in [-0.2, 0) is 11.3 Å². The fourth-order valence-corrected chi connectivity index (χ4v) is 4.05. The normalized spacial score (nSPS) is 17.1. The van der Waals surface area contributed by atoms with Gasteiger partial charge in [-0.15, -0.1) is 24.0 Å². The Labute approximate surface area is 199 Å². The molecule has 0 radical (unpaired) electrons. The largest absolute Gasteiger partial charge is 0.376 e. The van der Waals surface area contributed by atoms with E-state index in [0.29, 0.717) is 24.6 Å². The molecule has 1 aliphatic heterocycles. The Hall–Kier alpha value is -1.65. The lowest BCUT2D eigenvalue weighted by atomic mass is 10.1. The quantitative estimate of drug-likeness (QED) is 0.270. The first-order valence-corrected chi connectivity index (χ1v) is 11.1. The first-order chi connectivity index (χ1) is 14.2. The van der Waals surface area contributed by atoms with Crippen molar-refractivity contribution >= 4 is 47.2 Å². The number of guanidine groups is 1. The van der Waals surface area contributed by atoms with Crippen LogP contribution < -0.4 is 16.0 Å². The number of aliphatic imine (C=N–C) groups is 1. The fourth-order valence-electron chi connectivity index (χ4n) is 3.27. The molecule has 1 fully saturated rings. The molecule has 0 saturated carbocycles. The number of carbonyl (C=O) groups excluding carboxylic acids is 1. The van der Waals surface area contributed by atoms with Gasteiger partial charge >= 0.3 is 0 Å². The van der Waals surface area contributed by atoms with E-state index in [2.05, 4.69) is 44.7 Å². The second-order valence-electron chi connectivity index (χ2n) is 7.31. The zero-order valence-corrected chi connectivity index (χ0v) is 20.7. The lowest BCUT2D eigenvalue weighted by Crippen LogP contribution is -2.38. The van der Waals surface area contributed by atoms with Crippen LogP contribution in [0, 0.1) is 0 Å². The van der Waals surface area contributed by atoms with Gasteiger partial charge in [-0.05, 0) is 58.8 Å². The third-order valence-corrected chi connectivity index (χ3v) is 5.78. The van der Waals surface area contributed by atoms with Crippen LogP contribution in [0.2, 0.25) is 0 Å². The molecule has 3 N–H and O–H groups in total. The highest BCUT2D eigenvalue weighted by Gasteiger charge is 2.16. The summed E-state index contributed by atoms with van der Waals surface area (Å²) in [7, 11) is 1.76. The maximum Gasteiger partial charge on any atom is 0.251 e. The average Bonchev–Trinajstić information content (AvgIpc) is 3.46. The van der Waals surface area contributed by atoms with Crippen molar-refractivity contribution in [3.63, 3.8) is 0 Å². The predicted octanol–water partition coefficient (Wildman–Crippen LogP) is 3.74. The Morgan fingerprint density at radius 1 is 1.30 bits per heavy atom. The van der Waals surface area contributed by atoms with E-state index < -0.39 is 0 Å².